The summed E-state index contributed by atoms with van der Waals surface area (Å²) in [5.41, 5.74) is 5.14. The molecule has 1 heterocycles. The van der Waals surface area contributed by atoms with Crippen LogP contribution in [-0.2, 0) is 9.59 Å². The van der Waals surface area contributed by atoms with E-state index in [4.69, 9.17) is 5.73 Å². The van der Waals surface area contributed by atoms with Crippen molar-refractivity contribution in [1.82, 2.24) is 4.90 Å². The topological polar surface area (TPSA) is 63.4 Å². The van der Waals surface area contributed by atoms with Crippen LogP contribution in [0.3, 0.4) is 0 Å². The number of hydrogen-bond donors (Lipinski definition) is 1. The molecule has 6 heteroatoms. The minimum Gasteiger partial charge on any atom is -0.368 e. The van der Waals surface area contributed by atoms with Crippen molar-refractivity contribution in [2.45, 2.75) is 25.8 Å². The minimum atomic E-state index is -1.80. The second-order valence-corrected chi connectivity index (χ2v) is 3.79. The van der Waals surface area contributed by atoms with Gasteiger partial charge in [-0.2, -0.15) is 8.78 Å². The van der Waals surface area contributed by atoms with Gasteiger partial charge in [-0.1, -0.05) is 6.92 Å². The van der Waals surface area contributed by atoms with Gasteiger partial charge in [-0.25, -0.2) is 0 Å². The number of hydrogen-bond acceptors (Lipinski definition) is 2. The third kappa shape index (κ3) is 2.77. The maximum Gasteiger partial charge on any atom is 0.266 e. The van der Waals surface area contributed by atoms with Crippen molar-refractivity contribution in [3.63, 3.8) is 0 Å². The molecule has 1 unspecified atom stereocenters. The smallest absolute Gasteiger partial charge is 0.266 e. The molecule has 0 aliphatic carbocycles. The summed E-state index contributed by atoms with van der Waals surface area (Å²) in [6.07, 6.45) is -0.630. The number of carbonyl (C=O) groups is 2. The summed E-state index contributed by atoms with van der Waals surface area (Å²) in [7, 11) is 0. The fraction of sp³-hybridized carbons (Fsp3) is 0.600. The minimum absolute atomic E-state index is 0.0150. The first kappa shape index (κ1) is 12.6. The number of rotatable bonds is 4. The van der Waals surface area contributed by atoms with Crippen molar-refractivity contribution in [3.8, 4) is 0 Å². The van der Waals surface area contributed by atoms with Crippen molar-refractivity contribution >= 4 is 11.8 Å². The van der Waals surface area contributed by atoms with E-state index in [1.165, 1.54) is 4.90 Å². The molecule has 0 aromatic rings. The Kier molecular flexibility index (Phi) is 3.98. The van der Waals surface area contributed by atoms with Gasteiger partial charge in [0, 0.05) is 18.9 Å². The molecule has 2 N–H and O–H groups in total. The van der Waals surface area contributed by atoms with Crippen LogP contribution in [0.25, 0.3) is 0 Å². The highest BCUT2D eigenvalue weighted by molar-refractivity contribution is 5.87. The zero-order chi connectivity index (χ0) is 12.3. The highest BCUT2D eigenvalue weighted by Gasteiger charge is 2.35. The van der Waals surface area contributed by atoms with Crippen LogP contribution in [-0.4, -0.2) is 29.3 Å². The van der Waals surface area contributed by atoms with Gasteiger partial charge in [0.05, 0.1) is 0 Å². The fourth-order valence-electron chi connectivity index (χ4n) is 1.93. The molecule has 0 radical (unpaired) electrons. The molecule has 1 aliphatic rings. The summed E-state index contributed by atoms with van der Waals surface area (Å²) in [5, 5.41) is 0. The predicted molar refractivity (Wildman–Crippen MR) is 53.4 cm³/mol. The Morgan fingerprint density at radius 3 is 2.75 bits per heavy atom. The van der Waals surface area contributed by atoms with E-state index in [0.29, 0.717) is 6.42 Å². The van der Waals surface area contributed by atoms with E-state index in [1.807, 2.05) is 0 Å². The Balaban J connectivity index is 2.74. The van der Waals surface area contributed by atoms with Crippen LogP contribution in [0.2, 0.25) is 0 Å². The molecular weight excluding hydrogens is 218 g/mol. The highest BCUT2D eigenvalue weighted by Crippen LogP contribution is 2.23. The average Bonchev–Trinajstić information content (AvgIpc) is 2.46. The van der Waals surface area contributed by atoms with Crippen LogP contribution in [0.5, 0.6) is 0 Å². The van der Waals surface area contributed by atoms with Crippen LogP contribution in [0.4, 0.5) is 8.78 Å². The molecule has 0 aromatic heterocycles. The van der Waals surface area contributed by atoms with Gasteiger partial charge in [0.15, 0.2) is 0 Å². The van der Waals surface area contributed by atoms with E-state index in [1.54, 1.807) is 6.92 Å². The van der Waals surface area contributed by atoms with Gasteiger partial charge in [-0.05, 0) is 12.5 Å². The molecule has 0 aromatic carbocycles. The van der Waals surface area contributed by atoms with Gasteiger partial charge in [0.25, 0.3) is 6.08 Å². The van der Waals surface area contributed by atoms with E-state index in [0.717, 1.165) is 6.08 Å². The average molecular weight is 232 g/mol. The Morgan fingerprint density at radius 2 is 2.31 bits per heavy atom. The Morgan fingerprint density at radius 1 is 1.69 bits per heavy atom. The molecule has 1 saturated heterocycles. The van der Waals surface area contributed by atoms with Gasteiger partial charge in [0.1, 0.15) is 6.04 Å². The number of likely N-dealkylation sites (tertiary alicyclic amines) is 1. The van der Waals surface area contributed by atoms with Crippen LogP contribution in [0.15, 0.2) is 12.2 Å². The maximum atomic E-state index is 12.0. The number of amides is 2. The second-order valence-electron chi connectivity index (χ2n) is 3.79. The Labute approximate surface area is 92.1 Å². The lowest BCUT2D eigenvalue weighted by atomic mass is 10.1. The van der Waals surface area contributed by atoms with Crippen molar-refractivity contribution < 1.29 is 18.4 Å². The molecule has 1 aliphatic heterocycles. The van der Waals surface area contributed by atoms with Crippen LogP contribution in [0.1, 0.15) is 19.8 Å². The molecule has 16 heavy (non-hydrogen) atoms. The van der Waals surface area contributed by atoms with Crippen molar-refractivity contribution in [3.05, 3.63) is 12.2 Å². The van der Waals surface area contributed by atoms with Crippen LogP contribution < -0.4 is 5.73 Å². The summed E-state index contributed by atoms with van der Waals surface area (Å²) < 4.78 is 24.0. The largest absolute Gasteiger partial charge is 0.368 e. The van der Waals surface area contributed by atoms with E-state index < -0.39 is 23.9 Å². The second kappa shape index (κ2) is 5.05. The van der Waals surface area contributed by atoms with Gasteiger partial charge in [0.2, 0.25) is 11.8 Å². The number of carbonyl (C=O) groups excluding carboxylic acids is 2. The van der Waals surface area contributed by atoms with E-state index in [2.05, 4.69) is 0 Å². The molecule has 90 valence electrons. The SMILES string of the molecule is CCC(C(N)=O)N1C[C@@H](C=C(F)F)CC1=O. The van der Waals surface area contributed by atoms with Crippen LogP contribution >= 0.6 is 0 Å². The van der Waals surface area contributed by atoms with Gasteiger partial charge >= 0.3 is 0 Å². The molecule has 1 rings (SSSR count). The number of nitrogens with zero attached hydrogens (tertiary/aromatic N) is 1. The van der Waals surface area contributed by atoms with Gasteiger partial charge in [-0.15, -0.1) is 0 Å². The molecule has 1 fully saturated rings. The Hall–Kier alpha value is -1.46. The molecular formula is C10H14F2N2O2. The molecule has 2 atom stereocenters. The lowest BCUT2D eigenvalue weighted by Crippen LogP contribution is -2.45. The zero-order valence-corrected chi connectivity index (χ0v) is 8.95. The molecule has 2 amide bonds. The van der Waals surface area contributed by atoms with Crippen LogP contribution in [0, 0.1) is 5.92 Å². The molecule has 0 spiro atoms. The first-order valence-electron chi connectivity index (χ1n) is 5.07. The highest BCUT2D eigenvalue weighted by atomic mass is 19.3. The van der Waals surface area contributed by atoms with E-state index in [-0.39, 0.29) is 18.9 Å². The lowest BCUT2D eigenvalue weighted by Gasteiger charge is -2.23. The van der Waals surface area contributed by atoms with E-state index in [9.17, 15) is 18.4 Å². The Bertz CT molecular complexity index is 327. The number of primary amides is 1. The van der Waals surface area contributed by atoms with Gasteiger partial charge < -0.3 is 10.6 Å². The quantitative estimate of drug-likeness (QED) is 0.782. The number of nitrogens with two attached hydrogens (primary N) is 1. The summed E-state index contributed by atoms with van der Waals surface area (Å²) in [5.74, 6) is -1.42. The summed E-state index contributed by atoms with van der Waals surface area (Å²) >= 11 is 0. The summed E-state index contributed by atoms with van der Waals surface area (Å²) in [4.78, 5) is 23.9. The maximum absolute atomic E-state index is 12.0. The third-order valence-electron chi connectivity index (χ3n) is 2.64. The standard InChI is InChI=1S/C10H14F2N2O2/c1-2-7(10(13)16)14-5-6(3-8(11)12)4-9(14)15/h3,6-7H,2,4-5H2,1H3,(H2,13,16)/t6-,7?/m0/s1. The monoisotopic (exact) mass is 232 g/mol. The van der Waals surface area contributed by atoms with Gasteiger partial charge in [-0.3, -0.25) is 9.59 Å². The third-order valence-corrected chi connectivity index (χ3v) is 2.64. The molecule has 0 bridgehead atoms. The van der Waals surface area contributed by atoms with E-state index >= 15 is 0 Å². The molecule has 0 saturated carbocycles. The number of halogens is 2. The first-order valence-corrected chi connectivity index (χ1v) is 5.07. The van der Waals surface area contributed by atoms with Crippen molar-refractivity contribution in [1.29, 1.82) is 0 Å². The van der Waals surface area contributed by atoms with Crippen molar-refractivity contribution in [2.24, 2.45) is 11.7 Å². The fourth-order valence-corrected chi connectivity index (χ4v) is 1.93. The first-order chi connectivity index (χ1) is 7.45. The normalized spacial score (nSPS) is 22.1. The summed E-state index contributed by atoms with van der Waals surface area (Å²) in [6.45, 7) is 1.86. The van der Waals surface area contributed by atoms with Crippen molar-refractivity contribution in [2.75, 3.05) is 6.54 Å². The predicted octanol–water partition coefficient (Wildman–Crippen LogP) is 0.879. The summed E-state index contributed by atoms with van der Waals surface area (Å²) in [6, 6.07) is -0.687. The molecule has 4 nitrogen and oxygen atoms in total. The lowest BCUT2D eigenvalue weighted by molar-refractivity contribution is -0.136. The zero-order valence-electron chi connectivity index (χ0n) is 8.95.